The highest BCUT2D eigenvalue weighted by atomic mass is 79.9. The number of anilines is 2. The maximum Gasteiger partial charge on any atom is 0.0946 e. The third-order valence-electron chi connectivity index (χ3n) is 2.59. The highest BCUT2D eigenvalue weighted by Crippen LogP contribution is 2.34. The molecule has 0 atom stereocenters. The molecule has 4 heteroatoms. The van der Waals surface area contributed by atoms with Crippen molar-refractivity contribution in [2.75, 3.05) is 11.5 Å². The molecule has 0 amide bonds. The average Bonchev–Trinajstić information content (AvgIpc) is 2.33. The lowest BCUT2D eigenvalue weighted by Crippen LogP contribution is -1.97. The second-order valence-electron chi connectivity index (χ2n) is 3.73. The molecule has 0 aromatic heterocycles. The molecule has 0 saturated heterocycles. The molecule has 0 spiro atoms. The summed E-state index contributed by atoms with van der Waals surface area (Å²) in [4.78, 5) is 0. The van der Waals surface area contributed by atoms with Crippen molar-refractivity contribution in [3.05, 3.63) is 48.0 Å². The number of hydrogen-bond acceptors (Lipinski definition) is 2. The molecule has 0 saturated carbocycles. The lowest BCUT2D eigenvalue weighted by atomic mass is 10.0. The summed E-state index contributed by atoms with van der Waals surface area (Å²) in [5.41, 5.74) is 16.2. The first kappa shape index (κ1) is 12.5. The van der Waals surface area contributed by atoms with Crippen LogP contribution in [0.3, 0.4) is 0 Å². The predicted molar refractivity (Wildman–Crippen MR) is 81.3 cm³/mol. The third kappa shape index (κ3) is 2.64. The molecule has 2 aromatic rings. The van der Waals surface area contributed by atoms with Crippen LogP contribution in [-0.2, 0) is 0 Å². The van der Waals surface area contributed by atoms with E-state index >= 15 is 0 Å². The minimum Gasteiger partial charge on any atom is -0.397 e. The van der Waals surface area contributed by atoms with Gasteiger partial charge in [-0.3, -0.25) is 0 Å². The highest BCUT2D eigenvalue weighted by molar-refractivity contribution is 9.24. The summed E-state index contributed by atoms with van der Waals surface area (Å²) in [6.07, 6.45) is 0. The normalized spacial score (nSPS) is 10.8. The Morgan fingerprint density at radius 1 is 0.941 bits per heavy atom. The van der Waals surface area contributed by atoms with Gasteiger partial charge in [0.05, 0.1) is 15.1 Å². The Kier molecular flexibility index (Phi) is 3.74. The van der Waals surface area contributed by atoms with Crippen molar-refractivity contribution in [1.82, 2.24) is 0 Å². The SMILES string of the molecule is Nc1cccc(-c2cccc(C(Br)Br)c2)c1N. The van der Waals surface area contributed by atoms with Crippen molar-refractivity contribution >= 4 is 43.2 Å². The van der Waals surface area contributed by atoms with Crippen LogP contribution in [-0.4, -0.2) is 0 Å². The van der Waals surface area contributed by atoms with E-state index in [1.54, 1.807) is 6.07 Å². The zero-order valence-electron chi connectivity index (χ0n) is 9.03. The van der Waals surface area contributed by atoms with Gasteiger partial charge < -0.3 is 11.5 Å². The molecular weight excluding hydrogens is 344 g/mol. The van der Waals surface area contributed by atoms with Crippen LogP contribution in [0.25, 0.3) is 11.1 Å². The fraction of sp³-hybridized carbons (Fsp3) is 0.0769. The van der Waals surface area contributed by atoms with Crippen LogP contribution in [0.5, 0.6) is 0 Å². The van der Waals surface area contributed by atoms with Gasteiger partial charge in [-0.2, -0.15) is 0 Å². The van der Waals surface area contributed by atoms with Gasteiger partial charge in [-0.05, 0) is 23.3 Å². The van der Waals surface area contributed by atoms with Crippen LogP contribution < -0.4 is 11.5 Å². The van der Waals surface area contributed by atoms with E-state index in [0.717, 1.165) is 16.7 Å². The van der Waals surface area contributed by atoms with Crippen molar-refractivity contribution in [2.24, 2.45) is 0 Å². The molecule has 0 aliphatic heterocycles. The topological polar surface area (TPSA) is 52.0 Å². The van der Waals surface area contributed by atoms with E-state index in [2.05, 4.69) is 37.9 Å². The zero-order chi connectivity index (χ0) is 12.4. The molecule has 0 radical (unpaired) electrons. The van der Waals surface area contributed by atoms with Gasteiger partial charge in [0.25, 0.3) is 0 Å². The minimum atomic E-state index is 0.136. The molecular formula is C13H12Br2N2. The van der Waals surface area contributed by atoms with Crippen LogP contribution in [0.4, 0.5) is 11.4 Å². The van der Waals surface area contributed by atoms with E-state index in [1.165, 1.54) is 0 Å². The first-order chi connectivity index (χ1) is 8.09. The smallest absolute Gasteiger partial charge is 0.0946 e. The molecule has 17 heavy (non-hydrogen) atoms. The summed E-state index contributed by atoms with van der Waals surface area (Å²) in [6.45, 7) is 0. The first-order valence-corrected chi connectivity index (χ1v) is 6.95. The summed E-state index contributed by atoms with van der Waals surface area (Å²) >= 11 is 6.97. The average molecular weight is 356 g/mol. The molecule has 2 rings (SSSR count). The molecule has 2 aromatic carbocycles. The summed E-state index contributed by atoms with van der Waals surface area (Å²) in [5, 5.41) is 0. The molecule has 0 unspecified atom stereocenters. The van der Waals surface area contributed by atoms with Crippen molar-refractivity contribution < 1.29 is 0 Å². The van der Waals surface area contributed by atoms with Gasteiger partial charge in [0.1, 0.15) is 0 Å². The molecule has 88 valence electrons. The van der Waals surface area contributed by atoms with Gasteiger partial charge in [0, 0.05) is 5.56 Å². The van der Waals surface area contributed by atoms with E-state index in [9.17, 15) is 0 Å². The van der Waals surface area contributed by atoms with E-state index in [1.807, 2.05) is 30.3 Å². The Morgan fingerprint density at radius 3 is 2.35 bits per heavy atom. The number of benzene rings is 2. The summed E-state index contributed by atoms with van der Waals surface area (Å²) in [5.74, 6) is 0. The van der Waals surface area contributed by atoms with Crippen LogP contribution in [0, 0.1) is 0 Å². The molecule has 0 heterocycles. The zero-order valence-corrected chi connectivity index (χ0v) is 12.2. The number of hydrogen-bond donors (Lipinski definition) is 2. The Hall–Kier alpha value is -1.00. The Morgan fingerprint density at radius 2 is 1.65 bits per heavy atom. The molecule has 0 aliphatic carbocycles. The maximum atomic E-state index is 5.99. The summed E-state index contributed by atoms with van der Waals surface area (Å²) < 4.78 is 0.136. The van der Waals surface area contributed by atoms with Crippen molar-refractivity contribution in [1.29, 1.82) is 0 Å². The minimum absolute atomic E-state index is 0.136. The largest absolute Gasteiger partial charge is 0.397 e. The van der Waals surface area contributed by atoms with Crippen LogP contribution in [0.1, 0.15) is 9.30 Å². The standard InChI is InChI=1S/C13H12Br2N2/c14-13(15)9-4-1-3-8(7-9)10-5-2-6-11(16)12(10)17/h1-7,13H,16-17H2. The maximum absolute atomic E-state index is 5.99. The number of para-hydroxylation sites is 1. The molecule has 2 nitrogen and oxygen atoms in total. The van der Waals surface area contributed by atoms with E-state index in [-0.39, 0.29) is 3.74 Å². The fourth-order valence-corrected chi connectivity index (χ4v) is 2.25. The Bertz CT molecular complexity index is 539. The van der Waals surface area contributed by atoms with Gasteiger partial charge in [0.15, 0.2) is 0 Å². The Labute approximate surface area is 117 Å². The van der Waals surface area contributed by atoms with Crippen LogP contribution in [0.15, 0.2) is 42.5 Å². The highest BCUT2D eigenvalue weighted by Gasteiger charge is 2.08. The summed E-state index contributed by atoms with van der Waals surface area (Å²) in [7, 11) is 0. The second-order valence-corrected chi connectivity index (χ2v) is 6.79. The summed E-state index contributed by atoms with van der Waals surface area (Å²) in [6, 6.07) is 13.8. The van der Waals surface area contributed by atoms with Crippen LogP contribution >= 0.6 is 31.9 Å². The Balaban J connectivity index is 2.53. The third-order valence-corrected chi connectivity index (χ3v) is 3.65. The molecule has 0 aliphatic rings. The quantitative estimate of drug-likeness (QED) is 0.623. The lowest BCUT2D eigenvalue weighted by molar-refractivity contribution is 1.42. The number of rotatable bonds is 2. The number of nitrogens with two attached hydrogens (primary N) is 2. The van der Waals surface area contributed by atoms with Crippen molar-refractivity contribution in [3.8, 4) is 11.1 Å². The number of alkyl halides is 2. The molecule has 0 fully saturated rings. The molecule has 0 bridgehead atoms. The van der Waals surface area contributed by atoms with Crippen molar-refractivity contribution in [2.45, 2.75) is 3.74 Å². The van der Waals surface area contributed by atoms with E-state index in [4.69, 9.17) is 11.5 Å². The van der Waals surface area contributed by atoms with Gasteiger partial charge in [-0.1, -0.05) is 62.2 Å². The predicted octanol–water partition coefficient (Wildman–Crippen LogP) is 4.31. The van der Waals surface area contributed by atoms with E-state index < -0.39 is 0 Å². The van der Waals surface area contributed by atoms with E-state index in [0.29, 0.717) is 11.4 Å². The van der Waals surface area contributed by atoms with Gasteiger partial charge in [-0.25, -0.2) is 0 Å². The van der Waals surface area contributed by atoms with Gasteiger partial charge in [-0.15, -0.1) is 0 Å². The van der Waals surface area contributed by atoms with Gasteiger partial charge in [0.2, 0.25) is 0 Å². The first-order valence-electron chi connectivity index (χ1n) is 5.12. The number of halogens is 2. The van der Waals surface area contributed by atoms with Gasteiger partial charge >= 0.3 is 0 Å². The monoisotopic (exact) mass is 354 g/mol. The van der Waals surface area contributed by atoms with Crippen LogP contribution in [0.2, 0.25) is 0 Å². The molecule has 4 N–H and O–H groups in total. The lowest BCUT2D eigenvalue weighted by Gasteiger charge is -2.10. The fourth-order valence-electron chi connectivity index (χ4n) is 1.68. The van der Waals surface area contributed by atoms with Crippen molar-refractivity contribution in [3.63, 3.8) is 0 Å². The second kappa shape index (κ2) is 5.10. The number of nitrogen functional groups attached to an aromatic ring is 2.